The van der Waals surface area contributed by atoms with E-state index >= 15 is 0 Å². The van der Waals surface area contributed by atoms with Crippen molar-refractivity contribution in [1.82, 2.24) is 4.40 Å². The molecule has 0 saturated heterocycles. The Bertz CT molecular complexity index is 2830. The average Bonchev–Trinajstić information content (AvgIpc) is 3.85. The van der Waals surface area contributed by atoms with Crippen LogP contribution in [-0.2, 0) is 0 Å². The lowest BCUT2D eigenvalue weighted by atomic mass is 9.84. The highest BCUT2D eigenvalue weighted by molar-refractivity contribution is 6.24. The van der Waals surface area contributed by atoms with E-state index in [9.17, 15) is 0 Å². The van der Waals surface area contributed by atoms with Crippen LogP contribution in [0.4, 0.5) is 11.4 Å². The highest BCUT2D eigenvalue weighted by Gasteiger charge is 2.24. The summed E-state index contributed by atoms with van der Waals surface area (Å²) in [6.07, 6.45) is 22.8. The van der Waals surface area contributed by atoms with Gasteiger partial charge in [-0.2, -0.15) is 0 Å². The minimum atomic E-state index is 0.914. The van der Waals surface area contributed by atoms with E-state index < -0.39 is 0 Å². The summed E-state index contributed by atoms with van der Waals surface area (Å²) in [4.78, 5) is 2.49. The number of benzene rings is 5. The van der Waals surface area contributed by atoms with Gasteiger partial charge in [0.05, 0.1) is 16.6 Å². The Morgan fingerprint density at radius 1 is 0.471 bits per heavy atom. The monoisotopic (exact) mass is 656 g/mol. The number of anilines is 2. The molecule has 0 fully saturated rings. The first-order valence-electron chi connectivity index (χ1n) is 18.3. The molecule has 0 saturated carbocycles. The average molecular weight is 657 g/mol. The summed E-state index contributed by atoms with van der Waals surface area (Å²) in [6.45, 7) is 0. The van der Waals surface area contributed by atoms with E-state index in [0.717, 1.165) is 66.2 Å². The molecule has 3 aliphatic carbocycles. The van der Waals surface area contributed by atoms with Gasteiger partial charge in [0.25, 0.3) is 0 Å². The van der Waals surface area contributed by atoms with Crippen LogP contribution in [0.3, 0.4) is 0 Å². The van der Waals surface area contributed by atoms with Crippen molar-refractivity contribution in [2.24, 2.45) is 0 Å². The van der Waals surface area contributed by atoms with Crippen LogP contribution in [0.1, 0.15) is 38.5 Å². The van der Waals surface area contributed by atoms with E-state index in [4.69, 9.17) is 4.42 Å². The van der Waals surface area contributed by atoms with Gasteiger partial charge in [0.15, 0.2) is 0 Å². The highest BCUT2D eigenvalue weighted by atomic mass is 16.3. The normalized spacial score (nSPS) is 16.7. The number of rotatable bonds is 5. The summed E-state index contributed by atoms with van der Waals surface area (Å²) in [6, 6.07) is 37.6. The Kier molecular flexibility index (Phi) is 6.33. The summed E-state index contributed by atoms with van der Waals surface area (Å²) >= 11 is 0. The Labute approximate surface area is 296 Å². The van der Waals surface area contributed by atoms with E-state index in [0.29, 0.717) is 0 Å². The molecule has 3 aromatic heterocycles. The minimum Gasteiger partial charge on any atom is -0.456 e. The molecule has 51 heavy (non-hydrogen) atoms. The molecule has 3 aliphatic rings. The SMILES string of the molecule is C1=CCCC(C2=CC=C(C3=CC=C(N(c4ccc5c(c4)oc4ccccc45)c4cc5c6ccccc6n6c7ccccc7c(c4)c56)CC3)CC2)=C1. The molecular weight excluding hydrogens is 621 g/mol. The van der Waals surface area contributed by atoms with Gasteiger partial charge in [-0.15, -0.1) is 0 Å². The number of hydrogen-bond acceptors (Lipinski definition) is 2. The molecule has 0 aliphatic heterocycles. The Morgan fingerprint density at radius 2 is 1.08 bits per heavy atom. The van der Waals surface area contributed by atoms with Gasteiger partial charge in [-0.3, -0.25) is 0 Å². The number of nitrogens with zero attached hydrogens (tertiary/aromatic N) is 2. The molecule has 244 valence electrons. The lowest BCUT2D eigenvalue weighted by Gasteiger charge is -2.31. The fourth-order valence-corrected chi connectivity index (χ4v) is 9.02. The third kappa shape index (κ3) is 4.44. The molecule has 0 bridgehead atoms. The van der Waals surface area contributed by atoms with Gasteiger partial charge in [-0.25, -0.2) is 0 Å². The zero-order valence-electron chi connectivity index (χ0n) is 28.4. The molecule has 3 nitrogen and oxygen atoms in total. The number of aromatic nitrogens is 1. The van der Waals surface area contributed by atoms with Crippen molar-refractivity contribution in [3.8, 4) is 0 Å². The predicted molar refractivity (Wildman–Crippen MR) is 214 cm³/mol. The molecule has 5 aromatic carbocycles. The lowest BCUT2D eigenvalue weighted by molar-refractivity contribution is 0.669. The molecule has 11 rings (SSSR count). The summed E-state index contributed by atoms with van der Waals surface area (Å²) < 4.78 is 8.90. The Morgan fingerprint density at radius 3 is 1.73 bits per heavy atom. The zero-order chi connectivity index (χ0) is 33.5. The Hall–Kier alpha value is -6.06. The molecule has 0 spiro atoms. The van der Waals surface area contributed by atoms with Crippen molar-refractivity contribution in [2.75, 3.05) is 4.90 Å². The molecule has 3 heterocycles. The van der Waals surface area contributed by atoms with Crippen LogP contribution < -0.4 is 4.90 Å². The van der Waals surface area contributed by atoms with Crippen molar-refractivity contribution in [2.45, 2.75) is 38.5 Å². The molecule has 3 heteroatoms. The van der Waals surface area contributed by atoms with Gasteiger partial charge < -0.3 is 13.7 Å². The standard InChI is InChI=1S/C48H36N2O/c1-2-10-31(11-3-1)32-18-20-33(21-19-32)34-22-24-35(25-23-34)49(36-26-27-41-40-14-6-9-17-46(40)51-47(41)30-36)37-28-42-38-12-4-7-15-44(38)50-45-16-8-5-13-39(45)43(29-37)48(42)50/h1-2,4-10,12-18,20,22,24,26-30H,3,11,19,21,23,25H2. The van der Waals surface area contributed by atoms with E-state index in [1.165, 1.54) is 71.8 Å². The minimum absolute atomic E-state index is 0.914. The number of fused-ring (bicyclic) bond motifs is 9. The second-order valence-electron chi connectivity index (χ2n) is 14.3. The van der Waals surface area contributed by atoms with Gasteiger partial charge in [-0.05, 0) is 109 Å². The maximum absolute atomic E-state index is 6.45. The van der Waals surface area contributed by atoms with Crippen LogP contribution in [0.25, 0.3) is 60.0 Å². The Balaban J connectivity index is 1.09. The zero-order valence-corrected chi connectivity index (χ0v) is 28.4. The molecular formula is C48H36N2O. The van der Waals surface area contributed by atoms with Gasteiger partial charge in [0, 0.05) is 55.5 Å². The molecule has 0 amide bonds. The second kappa shape index (κ2) is 11.2. The third-order valence-electron chi connectivity index (χ3n) is 11.5. The van der Waals surface area contributed by atoms with Gasteiger partial charge in [-0.1, -0.05) is 91.1 Å². The molecule has 0 atom stereocenters. The number of furan rings is 1. The topological polar surface area (TPSA) is 20.8 Å². The summed E-state index contributed by atoms with van der Waals surface area (Å²) in [7, 11) is 0. The van der Waals surface area contributed by atoms with E-state index in [1.54, 1.807) is 0 Å². The quantitative estimate of drug-likeness (QED) is 0.184. The van der Waals surface area contributed by atoms with Crippen LogP contribution in [-0.4, -0.2) is 4.40 Å². The van der Waals surface area contributed by atoms with E-state index in [-0.39, 0.29) is 0 Å². The van der Waals surface area contributed by atoms with Crippen molar-refractivity contribution < 1.29 is 4.42 Å². The number of hydrogen-bond donors (Lipinski definition) is 0. The fourth-order valence-electron chi connectivity index (χ4n) is 9.02. The summed E-state index contributed by atoms with van der Waals surface area (Å²) in [5.74, 6) is 0. The first-order chi connectivity index (χ1) is 25.3. The van der Waals surface area contributed by atoms with E-state index in [2.05, 4.69) is 149 Å². The molecule has 0 radical (unpaired) electrons. The van der Waals surface area contributed by atoms with Crippen LogP contribution in [0.5, 0.6) is 0 Å². The van der Waals surface area contributed by atoms with Crippen LogP contribution in [0.2, 0.25) is 0 Å². The largest absolute Gasteiger partial charge is 0.456 e. The van der Waals surface area contributed by atoms with Crippen LogP contribution >= 0.6 is 0 Å². The number of allylic oxidation sites excluding steroid dienone is 12. The highest BCUT2D eigenvalue weighted by Crippen LogP contribution is 2.45. The van der Waals surface area contributed by atoms with E-state index in [1.807, 2.05) is 6.07 Å². The predicted octanol–water partition coefficient (Wildman–Crippen LogP) is 13.4. The second-order valence-corrected chi connectivity index (χ2v) is 14.3. The first kappa shape index (κ1) is 28.7. The van der Waals surface area contributed by atoms with Crippen molar-refractivity contribution in [1.29, 1.82) is 0 Å². The van der Waals surface area contributed by atoms with Gasteiger partial charge >= 0.3 is 0 Å². The maximum atomic E-state index is 6.45. The van der Waals surface area contributed by atoms with Crippen molar-refractivity contribution in [3.05, 3.63) is 174 Å². The molecule has 0 N–H and O–H groups in total. The number of para-hydroxylation sites is 3. The van der Waals surface area contributed by atoms with Crippen LogP contribution in [0, 0.1) is 0 Å². The van der Waals surface area contributed by atoms with Crippen molar-refractivity contribution in [3.63, 3.8) is 0 Å². The summed E-state index contributed by atoms with van der Waals surface area (Å²) in [5, 5.41) is 7.45. The fraction of sp³-hybridized carbons (Fsp3) is 0.125. The maximum Gasteiger partial charge on any atom is 0.137 e. The smallest absolute Gasteiger partial charge is 0.137 e. The van der Waals surface area contributed by atoms with Crippen molar-refractivity contribution >= 4 is 71.4 Å². The first-order valence-corrected chi connectivity index (χ1v) is 18.3. The molecule has 8 aromatic rings. The van der Waals surface area contributed by atoms with Crippen LogP contribution in [0.15, 0.2) is 178 Å². The van der Waals surface area contributed by atoms with Gasteiger partial charge in [0.2, 0.25) is 0 Å². The third-order valence-corrected chi connectivity index (χ3v) is 11.5. The summed E-state index contributed by atoms with van der Waals surface area (Å²) in [5.41, 5.74) is 15.2. The molecule has 0 unspecified atom stereocenters. The lowest BCUT2D eigenvalue weighted by Crippen LogP contribution is -2.18. The van der Waals surface area contributed by atoms with Gasteiger partial charge in [0.1, 0.15) is 11.2 Å².